The van der Waals surface area contributed by atoms with E-state index in [1.807, 2.05) is 6.92 Å². The van der Waals surface area contributed by atoms with E-state index >= 15 is 0 Å². The van der Waals surface area contributed by atoms with Gasteiger partial charge in [0.25, 0.3) is 5.91 Å². The molecule has 1 atom stereocenters. The van der Waals surface area contributed by atoms with Crippen molar-refractivity contribution in [2.45, 2.75) is 19.9 Å². The summed E-state index contributed by atoms with van der Waals surface area (Å²) in [6, 6.07) is 4.49. The summed E-state index contributed by atoms with van der Waals surface area (Å²) >= 11 is 9.24. The van der Waals surface area contributed by atoms with Crippen LogP contribution in [-0.4, -0.2) is 31.0 Å². The van der Waals surface area contributed by atoms with Gasteiger partial charge in [0.15, 0.2) is 6.61 Å². The third kappa shape index (κ3) is 5.38. The lowest BCUT2D eigenvalue weighted by atomic mass is 10.3. The molecule has 0 aliphatic heterocycles. The summed E-state index contributed by atoms with van der Waals surface area (Å²) in [7, 11) is 0. The average molecular weight is 364 g/mol. The molecule has 0 aliphatic carbocycles. The van der Waals surface area contributed by atoms with Gasteiger partial charge in [-0.15, -0.1) is 0 Å². The smallest absolute Gasteiger partial charge is 0.258 e. The number of hydrogen-bond donors (Lipinski definition) is 2. The van der Waals surface area contributed by atoms with Gasteiger partial charge in [-0.05, 0) is 32.0 Å². The summed E-state index contributed by atoms with van der Waals surface area (Å²) < 4.78 is 6.12. The van der Waals surface area contributed by atoms with Crippen molar-refractivity contribution in [1.82, 2.24) is 10.6 Å². The van der Waals surface area contributed by atoms with Gasteiger partial charge in [0, 0.05) is 11.0 Å². The molecule has 0 bridgehead atoms. The third-order valence-electron chi connectivity index (χ3n) is 2.37. The number of hydrogen-bond acceptors (Lipinski definition) is 3. The fraction of sp³-hybridized carbons (Fsp3) is 0.385. The molecule has 0 saturated heterocycles. The van der Waals surface area contributed by atoms with Crippen molar-refractivity contribution >= 4 is 39.3 Å². The molecular formula is C13H16BrClN2O3. The SMILES string of the molecule is CCNC(=O)[C@@H](C)NC(=O)COc1ccc(Br)cc1Cl. The van der Waals surface area contributed by atoms with Crippen LogP contribution in [0.3, 0.4) is 0 Å². The second kappa shape index (κ2) is 8.11. The van der Waals surface area contributed by atoms with Crippen LogP contribution in [0.5, 0.6) is 5.75 Å². The molecule has 5 nitrogen and oxygen atoms in total. The number of benzene rings is 1. The van der Waals surface area contributed by atoms with E-state index in [1.165, 1.54) is 0 Å². The van der Waals surface area contributed by atoms with Crippen molar-refractivity contribution in [3.63, 3.8) is 0 Å². The minimum Gasteiger partial charge on any atom is -0.482 e. The normalized spacial score (nSPS) is 11.6. The molecule has 110 valence electrons. The Labute approximate surface area is 131 Å². The van der Waals surface area contributed by atoms with E-state index in [2.05, 4.69) is 26.6 Å². The molecule has 1 aromatic rings. The molecule has 1 aromatic carbocycles. The molecule has 0 unspecified atom stereocenters. The highest BCUT2D eigenvalue weighted by molar-refractivity contribution is 9.10. The monoisotopic (exact) mass is 362 g/mol. The Morgan fingerprint density at radius 3 is 2.75 bits per heavy atom. The maximum absolute atomic E-state index is 11.6. The van der Waals surface area contributed by atoms with Crippen LogP contribution >= 0.6 is 27.5 Å². The molecule has 0 radical (unpaired) electrons. The van der Waals surface area contributed by atoms with Crippen molar-refractivity contribution in [2.75, 3.05) is 13.2 Å². The fourth-order valence-electron chi connectivity index (χ4n) is 1.41. The molecule has 20 heavy (non-hydrogen) atoms. The lowest BCUT2D eigenvalue weighted by Gasteiger charge is -2.14. The number of rotatable bonds is 6. The minimum atomic E-state index is -0.605. The van der Waals surface area contributed by atoms with Crippen LogP contribution in [-0.2, 0) is 9.59 Å². The Bertz CT molecular complexity index is 497. The van der Waals surface area contributed by atoms with E-state index in [-0.39, 0.29) is 18.4 Å². The molecule has 0 aromatic heterocycles. The summed E-state index contributed by atoms with van der Waals surface area (Å²) in [5.41, 5.74) is 0. The first-order valence-corrected chi connectivity index (χ1v) is 7.26. The maximum Gasteiger partial charge on any atom is 0.258 e. The van der Waals surface area contributed by atoms with E-state index in [9.17, 15) is 9.59 Å². The largest absolute Gasteiger partial charge is 0.482 e. The van der Waals surface area contributed by atoms with Gasteiger partial charge >= 0.3 is 0 Å². The molecule has 0 heterocycles. The number of likely N-dealkylation sites (N-methyl/N-ethyl adjacent to an activating group) is 1. The van der Waals surface area contributed by atoms with E-state index < -0.39 is 6.04 Å². The number of ether oxygens (including phenoxy) is 1. The Balaban J connectivity index is 2.45. The third-order valence-corrected chi connectivity index (χ3v) is 3.16. The van der Waals surface area contributed by atoms with Gasteiger partial charge in [0.05, 0.1) is 5.02 Å². The van der Waals surface area contributed by atoms with Crippen molar-refractivity contribution in [2.24, 2.45) is 0 Å². The predicted octanol–water partition coefficient (Wildman–Crippen LogP) is 2.12. The van der Waals surface area contributed by atoms with Crippen LogP contribution in [0.15, 0.2) is 22.7 Å². The van der Waals surface area contributed by atoms with Crippen LogP contribution in [0.25, 0.3) is 0 Å². The highest BCUT2D eigenvalue weighted by Gasteiger charge is 2.15. The minimum absolute atomic E-state index is 0.203. The maximum atomic E-state index is 11.6. The zero-order valence-corrected chi connectivity index (χ0v) is 13.5. The Hall–Kier alpha value is -1.27. The van der Waals surface area contributed by atoms with Gasteiger partial charge in [-0.1, -0.05) is 27.5 Å². The first-order valence-electron chi connectivity index (χ1n) is 6.09. The summed E-state index contributed by atoms with van der Waals surface area (Å²) in [6.45, 7) is 3.73. The van der Waals surface area contributed by atoms with Gasteiger partial charge in [-0.2, -0.15) is 0 Å². The summed E-state index contributed by atoms with van der Waals surface area (Å²) in [5, 5.41) is 5.56. The first kappa shape index (κ1) is 16.8. The van der Waals surface area contributed by atoms with Crippen molar-refractivity contribution in [3.8, 4) is 5.75 Å². The summed E-state index contributed by atoms with van der Waals surface area (Å²) in [4.78, 5) is 23.1. The number of halogens is 2. The van der Waals surface area contributed by atoms with Crippen molar-refractivity contribution < 1.29 is 14.3 Å². The number of nitrogens with one attached hydrogen (secondary N) is 2. The quantitative estimate of drug-likeness (QED) is 0.813. The summed E-state index contributed by atoms with van der Waals surface area (Å²) in [5.74, 6) is -0.207. The molecule has 0 aliphatic rings. The van der Waals surface area contributed by atoms with Crippen LogP contribution < -0.4 is 15.4 Å². The Morgan fingerprint density at radius 1 is 1.45 bits per heavy atom. The van der Waals surface area contributed by atoms with Gasteiger partial charge in [-0.25, -0.2) is 0 Å². The van der Waals surface area contributed by atoms with Gasteiger partial charge in [-0.3, -0.25) is 9.59 Å². The van der Waals surface area contributed by atoms with Gasteiger partial charge in [0.2, 0.25) is 5.91 Å². The first-order chi connectivity index (χ1) is 9.43. The molecule has 0 spiro atoms. The molecule has 2 amide bonds. The van der Waals surface area contributed by atoms with E-state index in [4.69, 9.17) is 16.3 Å². The zero-order chi connectivity index (χ0) is 15.1. The van der Waals surface area contributed by atoms with Crippen LogP contribution in [0.2, 0.25) is 5.02 Å². The summed E-state index contributed by atoms with van der Waals surface area (Å²) in [6.07, 6.45) is 0. The van der Waals surface area contributed by atoms with Gasteiger partial charge in [0.1, 0.15) is 11.8 Å². The van der Waals surface area contributed by atoms with E-state index in [0.717, 1.165) is 4.47 Å². The van der Waals surface area contributed by atoms with Crippen LogP contribution in [0.1, 0.15) is 13.8 Å². The standard InChI is InChI=1S/C13H16BrClN2O3/c1-3-16-13(19)8(2)17-12(18)7-20-11-5-4-9(14)6-10(11)15/h4-6,8H,3,7H2,1-2H3,(H,16,19)(H,17,18)/t8-/m1/s1. The number of carbonyl (C=O) groups is 2. The Kier molecular flexibility index (Phi) is 6.81. The molecule has 0 saturated carbocycles. The highest BCUT2D eigenvalue weighted by atomic mass is 79.9. The van der Waals surface area contributed by atoms with Crippen LogP contribution in [0.4, 0.5) is 0 Å². The highest BCUT2D eigenvalue weighted by Crippen LogP contribution is 2.27. The number of amides is 2. The van der Waals surface area contributed by atoms with Crippen LogP contribution in [0, 0.1) is 0 Å². The molecule has 1 rings (SSSR count). The molecule has 0 fully saturated rings. The molecule has 2 N–H and O–H groups in total. The average Bonchev–Trinajstić information content (AvgIpc) is 2.37. The predicted molar refractivity (Wildman–Crippen MR) is 80.9 cm³/mol. The molecular weight excluding hydrogens is 348 g/mol. The second-order valence-electron chi connectivity index (χ2n) is 4.05. The lowest BCUT2D eigenvalue weighted by Crippen LogP contribution is -2.46. The molecule has 7 heteroatoms. The topological polar surface area (TPSA) is 67.4 Å². The fourth-order valence-corrected chi connectivity index (χ4v) is 2.14. The van der Waals surface area contributed by atoms with Crippen molar-refractivity contribution in [1.29, 1.82) is 0 Å². The Morgan fingerprint density at radius 2 is 2.15 bits per heavy atom. The number of carbonyl (C=O) groups excluding carboxylic acids is 2. The zero-order valence-electron chi connectivity index (χ0n) is 11.2. The van der Waals surface area contributed by atoms with E-state index in [1.54, 1.807) is 25.1 Å². The van der Waals surface area contributed by atoms with Crippen molar-refractivity contribution in [3.05, 3.63) is 27.7 Å². The van der Waals surface area contributed by atoms with Gasteiger partial charge < -0.3 is 15.4 Å². The lowest BCUT2D eigenvalue weighted by molar-refractivity contribution is -0.129. The second-order valence-corrected chi connectivity index (χ2v) is 5.37. The van der Waals surface area contributed by atoms with E-state index in [0.29, 0.717) is 17.3 Å².